The second-order valence-electron chi connectivity index (χ2n) is 7.89. The van der Waals surface area contributed by atoms with Gasteiger partial charge in [0.2, 0.25) is 11.8 Å². The molecule has 6 nitrogen and oxygen atoms in total. The van der Waals surface area contributed by atoms with Gasteiger partial charge in [-0.25, -0.2) is 0 Å². The number of likely N-dealkylation sites (N-methyl/N-ethyl adjacent to an activating group) is 1. The highest BCUT2D eigenvalue weighted by atomic mass is 16.3. The monoisotopic (exact) mass is 386 g/mol. The zero-order valence-corrected chi connectivity index (χ0v) is 17.2. The number of nitrogens with zero attached hydrogens (tertiary/aromatic N) is 1. The molecule has 1 unspecified atom stereocenters. The molecule has 1 aliphatic rings. The molecule has 1 N–H and O–H groups in total. The van der Waals surface area contributed by atoms with Gasteiger partial charge in [0.05, 0.1) is 18.6 Å². The zero-order chi connectivity index (χ0) is 20.3. The van der Waals surface area contributed by atoms with Crippen molar-refractivity contribution in [1.82, 2.24) is 10.2 Å². The van der Waals surface area contributed by atoms with Crippen LogP contribution in [0.4, 0.5) is 0 Å². The first-order valence-electron chi connectivity index (χ1n) is 10.0. The van der Waals surface area contributed by atoms with Gasteiger partial charge in [-0.05, 0) is 70.2 Å². The molecule has 1 saturated carbocycles. The number of furan rings is 2. The number of aryl methyl sites for hydroxylation is 2. The molecule has 2 amide bonds. The Morgan fingerprint density at radius 3 is 2.46 bits per heavy atom. The minimum Gasteiger partial charge on any atom is -0.469 e. The molecule has 3 rings (SSSR count). The van der Waals surface area contributed by atoms with Crippen molar-refractivity contribution in [3.63, 3.8) is 0 Å². The highest BCUT2D eigenvalue weighted by Crippen LogP contribution is 2.25. The van der Waals surface area contributed by atoms with Gasteiger partial charge < -0.3 is 19.1 Å². The zero-order valence-electron chi connectivity index (χ0n) is 17.2. The van der Waals surface area contributed by atoms with E-state index < -0.39 is 0 Å². The Kier molecular flexibility index (Phi) is 6.27. The van der Waals surface area contributed by atoms with Gasteiger partial charge in [0, 0.05) is 19.1 Å². The minimum atomic E-state index is -0.299. The number of nitrogens with one attached hydrogen (secondary N) is 1. The van der Waals surface area contributed by atoms with Crippen LogP contribution < -0.4 is 5.32 Å². The van der Waals surface area contributed by atoms with Crippen LogP contribution in [0.25, 0.3) is 0 Å². The van der Waals surface area contributed by atoms with E-state index in [9.17, 15) is 9.59 Å². The Bertz CT molecular complexity index is 814. The van der Waals surface area contributed by atoms with Gasteiger partial charge in [0.1, 0.15) is 17.3 Å². The molecular weight excluding hydrogens is 356 g/mol. The SMILES string of the molecule is Cc1ccc(C(C)C(=O)NC2CCC(N(C)C(=O)Cc3occc3C)CC2)o1. The fraction of sp³-hybridized carbons (Fsp3) is 0.545. The lowest BCUT2D eigenvalue weighted by Gasteiger charge is -2.35. The number of rotatable bonds is 6. The minimum absolute atomic E-state index is 0.00414. The van der Waals surface area contributed by atoms with Crippen LogP contribution in [0.5, 0.6) is 0 Å². The smallest absolute Gasteiger partial charge is 0.230 e. The predicted octanol–water partition coefficient (Wildman–Crippen LogP) is 3.72. The molecule has 0 bridgehead atoms. The fourth-order valence-electron chi connectivity index (χ4n) is 3.80. The maximum atomic E-state index is 12.6. The van der Waals surface area contributed by atoms with Crippen molar-refractivity contribution in [3.8, 4) is 0 Å². The summed E-state index contributed by atoms with van der Waals surface area (Å²) in [4.78, 5) is 26.9. The Balaban J connectivity index is 1.46. The lowest BCUT2D eigenvalue weighted by atomic mass is 9.89. The van der Waals surface area contributed by atoms with Crippen LogP contribution in [0.1, 0.15) is 61.4 Å². The molecule has 28 heavy (non-hydrogen) atoms. The Labute approximate surface area is 166 Å². The summed E-state index contributed by atoms with van der Waals surface area (Å²) in [5.41, 5.74) is 1.01. The van der Waals surface area contributed by atoms with Crippen molar-refractivity contribution in [1.29, 1.82) is 0 Å². The van der Waals surface area contributed by atoms with Gasteiger partial charge >= 0.3 is 0 Å². The third-order valence-corrected chi connectivity index (χ3v) is 5.85. The average molecular weight is 386 g/mol. The van der Waals surface area contributed by atoms with E-state index in [4.69, 9.17) is 8.83 Å². The van der Waals surface area contributed by atoms with Crippen molar-refractivity contribution >= 4 is 11.8 Å². The molecule has 0 saturated heterocycles. The fourth-order valence-corrected chi connectivity index (χ4v) is 3.80. The summed E-state index contributed by atoms with van der Waals surface area (Å²) in [6, 6.07) is 5.97. The topological polar surface area (TPSA) is 75.7 Å². The molecule has 0 aliphatic heterocycles. The van der Waals surface area contributed by atoms with Gasteiger partial charge in [0.15, 0.2) is 0 Å². The summed E-state index contributed by atoms with van der Waals surface area (Å²) in [6.45, 7) is 5.69. The lowest BCUT2D eigenvalue weighted by Crippen LogP contribution is -2.45. The first-order valence-corrected chi connectivity index (χ1v) is 10.0. The van der Waals surface area contributed by atoms with Crippen molar-refractivity contribution in [2.75, 3.05) is 7.05 Å². The van der Waals surface area contributed by atoms with Crippen LogP contribution in [-0.2, 0) is 16.0 Å². The summed E-state index contributed by atoms with van der Waals surface area (Å²) in [6.07, 6.45) is 5.44. The number of carbonyl (C=O) groups excluding carboxylic acids is 2. The van der Waals surface area contributed by atoms with E-state index in [1.165, 1.54) is 0 Å². The van der Waals surface area contributed by atoms with Gasteiger partial charge in [-0.1, -0.05) is 0 Å². The number of carbonyl (C=O) groups is 2. The quantitative estimate of drug-likeness (QED) is 0.821. The molecule has 0 spiro atoms. The van der Waals surface area contributed by atoms with Crippen LogP contribution in [0, 0.1) is 13.8 Å². The predicted molar refractivity (Wildman–Crippen MR) is 106 cm³/mol. The molecule has 1 fully saturated rings. The van der Waals surface area contributed by atoms with E-state index in [1.54, 1.807) is 6.26 Å². The average Bonchev–Trinajstić information content (AvgIpc) is 3.29. The van der Waals surface area contributed by atoms with Crippen LogP contribution in [0.2, 0.25) is 0 Å². The maximum absolute atomic E-state index is 12.6. The second-order valence-corrected chi connectivity index (χ2v) is 7.89. The third-order valence-electron chi connectivity index (χ3n) is 5.85. The first kappa shape index (κ1) is 20.2. The van der Waals surface area contributed by atoms with Gasteiger partial charge in [0.25, 0.3) is 0 Å². The molecule has 2 aromatic heterocycles. The maximum Gasteiger partial charge on any atom is 0.230 e. The normalized spacial score (nSPS) is 20.6. The van der Waals surface area contributed by atoms with E-state index in [2.05, 4.69) is 5.32 Å². The summed E-state index contributed by atoms with van der Waals surface area (Å²) >= 11 is 0. The lowest BCUT2D eigenvalue weighted by molar-refractivity contribution is -0.132. The Morgan fingerprint density at radius 1 is 1.18 bits per heavy atom. The Morgan fingerprint density at radius 2 is 1.89 bits per heavy atom. The van der Waals surface area contributed by atoms with Gasteiger partial charge in [-0.15, -0.1) is 0 Å². The molecule has 152 valence electrons. The molecular formula is C22H30N2O4. The third kappa shape index (κ3) is 4.66. The highest BCUT2D eigenvalue weighted by Gasteiger charge is 2.29. The van der Waals surface area contributed by atoms with E-state index in [0.717, 1.165) is 42.8 Å². The largest absolute Gasteiger partial charge is 0.469 e. The molecule has 2 heterocycles. The number of hydrogen-bond donors (Lipinski definition) is 1. The van der Waals surface area contributed by atoms with E-state index in [1.807, 2.05) is 50.9 Å². The van der Waals surface area contributed by atoms with E-state index in [0.29, 0.717) is 12.2 Å². The van der Waals surface area contributed by atoms with Crippen molar-refractivity contribution in [2.45, 2.75) is 70.9 Å². The van der Waals surface area contributed by atoms with E-state index >= 15 is 0 Å². The summed E-state index contributed by atoms with van der Waals surface area (Å²) in [5, 5.41) is 3.14. The first-order chi connectivity index (χ1) is 13.3. The summed E-state index contributed by atoms with van der Waals surface area (Å²) < 4.78 is 11.0. The highest BCUT2D eigenvalue weighted by molar-refractivity contribution is 5.82. The van der Waals surface area contributed by atoms with E-state index in [-0.39, 0.29) is 29.8 Å². The summed E-state index contributed by atoms with van der Waals surface area (Å²) in [7, 11) is 1.87. The van der Waals surface area contributed by atoms with Crippen molar-refractivity contribution < 1.29 is 18.4 Å². The molecule has 6 heteroatoms. The van der Waals surface area contributed by atoms with Crippen LogP contribution in [0.15, 0.2) is 33.3 Å². The van der Waals surface area contributed by atoms with Gasteiger partial charge in [-0.2, -0.15) is 0 Å². The van der Waals surface area contributed by atoms with Crippen molar-refractivity contribution in [2.24, 2.45) is 0 Å². The number of hydrogen-bond acceptors (Lipinski definition) is 4. The van der Waals surface area contributed by atoms with Crippen LogP contribution in [-0.4, -0.2) is 35.8 Å². The molecule has 0 aromatic carbocycles. The van der Waals surface area contributed by atoms with Crippen LogP contribution >= 0.6 is 0 Å². The van der Waals surface area contributed by atoms with Crippen LogP contribution in [0.3, 0.4) is 0 Å². The summed E-state index contributed by atoms with van der Waals surface area (Å²) in [5.74, 6) is 2.02. The Hall–Kier alpha value is -2.50. The molecule has 1 aliphatic carbocycles. The second kappa shape index (κ2) is 8.67. The number of amides is 2. The standard InChI is InChI=1S/C22H30N2O4/c1-14-11-12-27-20(14)13-21(25)24(4)18-8-6-17(7-9-18)23-22(26)16(3)19-10-5-15(2)28-19/h5,10-12,16-18H,6-9,13H2,1-4H3,(H,23,26). The molecule has 1 atom stereocenters. The van der Waals surface area contributed by atoms with Crippen molar-refractivity contribution in [3.05, 3.63) is 47.3 Å². The molecule has 0 radical (unpaired) electrons. The van der Waals surface area contributed by atoms with Gasteiger partial charge in [-0.3, -0.25) is 9.59 Å². The molecule has 2 aromatic rings.